The molecule has 1 aliphatic rings. The zero-order valence-electron chi connectivity index (χ0n) is 15.0. The molecule has 1 heterocycles. The summed E-state index contributed by atoms with van der Waals surface area (Å²) in [5.41, 5.74) is -0.475. The molecule has 1 fully saturated rings. The van der Waals surface area contributed by atoms with Gasteiger partial charge in [-0.1, -0.05) is 30.7 Å². The summed E-state index contributed by atoms with van der Waals surface area (Å²) in [5.74, 6) is 0.113. The molecule has 1 saturated heterocycles. The summed E-state index contributed by atoms with van der Waals surface area (Å²) in [4.78, 5) is 13.9. The molecule has 1 aromatic rings. The van der Waals surface area contributed by atoms with Gasteiger partial charge in [-0.2, -0.15) is 0 Å². The molecular formula is C19H28ClNO3. The van der Waals surface area contributed by atoms with Crippen LogP contribution in [0.3, 0.4) is 0 Å². The molecule has 5 heteroatoms. The largest absolute Gasteiger partial charge is 0.444 e. The minimum atomic E-state index is -0.884. The highest BCUT2D eigenvalue weighted by Gasteiger charge is 2.39. The summed E-state index contributed by atoms with van der Waals surface area (Å²) in [5, 5.41) is 11.9. The Hall–Kier alpha value is -1.26. The van der Waals surface area contributed by atoms with Crippen molar-refractivity contribution in [1.29, 1.82) is 0 Å². The fraction of sp³-hybridized carbons (Fsp3) is 0.632. The van der Waals surface area contributed by atoms with Gasteiger partial charge in [0.05, 0.1) is 5.60 Å². The van der Waals surface area contributed by atoms with Crippen LogP contribution in [0.25, 0.3) is 0 Å². The predicted molar refractivity (Wildman–Crippen MR) is 96.2 cm³/mol. The molecule has 1 N–H and O–H groups in total. The van der Waals surface area contributed by atoms with E-state index in [1.54, 1.807) is 4.90 Å². The summed E-state index contributed by atoms with van der Waals surface area (Å²) in [6.07, 6.45) is 1.87. The third-order valence-electron chi connectivity index (χ3n) is 4.71. The number of likely N-dealkylation sites (tertiary alicyclic amines) is 1. The van der Waals surface area contributed by atoms with E-state index in [2.05, 4.69) is 0 Å². The van der Waals surface area contributed by atoms with Crippen LogP contribution in [-0.4, -0.2) is 34.8 Å². The molecule has 2 rings (SSSR count). The molecule has 0 aliphatic carbocycles. The Bertz CT molecular complexity index is 559. The second-order valence-electron chi connectivity index (χ2n) is 7.53. The number of rotatable bonds is 3. The highest BCUT2D eigenvalue weighted by Crippen LogP contribution is 2.39. The van der Waals surface area contributed by atoms with Crippen LogP contribution in [-0.2, 0) is 10.3 Å². The molecular weight excluding hydrogens is 326 g/mol. The van der Waals surface area contributed by atoms with Gasteiger partial charge in [-0.05, 0) is 63.6 Å². The summed E-state index contributed by atoms with van der Waals surface area (Å²) in [7, 11) is 0. The summed E-state index contributed by atoms with van der Waals surface area (Å²) in [6, 6.07) is 7.42. The number of aliphatic hydroxyl groups is 1. The third kappa shape index (κ3) is 4.42. The molecule has 1 atom stereocenters. The van der Waals surface area contributed by atoms with Crippen LogP contribution < -0.4 is 0 Å². The molecule has 0 aromatic heterocycles. The lowest BCUT2D eigenvalue weighted by atomic mass is 9.74. The summed E-state index contributed by atoms with van der Waals surface area (Å²) >= 11 is 5.96. The topological polar surface area (TPSA) is 49.8 Å². The number of halogens is 1. The van der Waals surface area contributed by atoms with Crippen LogP contribution in [0.2, 0.25) is 5.02 Å². The van der Waals surface area contributed by atoms with Crippen molar-refractivity contribution in [3.05, 3.63) is 34.9 Å². The zero-order valence-corrected chi connectivity index (χ0v) is 15.8. The van der Waals surface area contributed by atoms with Gasteiger partial charge in [0.2, 0.25) is 0 Å². The lowest BCUT2D eigenvalue weighted by Crippen LogP contribution is -2.46. The maximum absolute atomic E-state index is 12.2. The fourth-order valence-corrected chi connectivity index (χ4v) is 3.46. The van der Waals surface area contributed by atoms with E-state index < -0.39 is 11.2 Å². The van der Waals surface area contributed by atoms with Gasteiger partial charge in [-0.15, -0.1) is 0 Å². The quantitative estimate of drug-likeness (QED) is 0.864. The SMILES string of the molecule is CCC(O)(c1ccc(Cl)cc1)C1CCN(C(=O)OC(C)(C)C)CC1. The first-order chi connectivity index (χ1) is 11.2. The average Bonchev–Trinajstić information content (AvgIpc) is 2.53. The van der Waals surface area contributed by atoms with Gasteiger partial charge in [-0.3, -0.25) is 0 Å². The molecule has 0 saturated carbocycles. The fourth-order valence-electron chi connectivity index (χ4n) is 3.33. The van der Waals surface area contributed by atoms with Crippen LogP contribution in [0, 0.1) is 5.92 Å². The first kappa shape index (κ1) is 19.1. The Morgan fingerprint density at radius 3 is 2.25 bits per heavy atom. The van der Waals surface area contributed by atoms with E-state index in [-0.39, 0.29) is 12.0 Å². The van der Waals surface area contributed by atoms with Crippen molar-refractivity contribution in [1.82, 2.24) is 4.90 Å². The summed E-state index contributed by atoms with van der Waals surface area (Å²) in [6.45, 7) is 8.82. The van der Waals surface area contributed by atoms with E-state index in [0.717, 1.165) is 18.4 Å². The van der Waals surface area contributed by atoms with Gasteiger partial charge in [0, 0.05) is 18.1 Å². The van der Waals surface area contributed by atoms with Crippen molar-refractivity contribution < 1.29 is 14.6 Å². The maximum atomic E-state index is 12.2. The second-order valence-corrected chi connectivity index (χ2v) is 7.96. The molecule has 0 bridgehead atoms. The van der Waals surface area contributed by atoms with Crippen molar-refractivity contribution in [3.8, 4) is 0 Å². The van der Waals surface area contributed by atoms with E-state index in [1.165, 1.54) is 0 Å². The Morgan fingerprint density at radius 2 is 1.79 bits per heavy atom. The zero-order chi connectivity index (χ0) is 18.0. The summed E-state index contributed by atoms with van der Waals surface area (Å²) < 4.78 is 5.43. The molecule has 4 nitrogen and oxygen atoms in total. The van der Waals surface area contributed by atoms with E-state index in [0.29, 0.717) is 24.5 Å². The number of nitrogens with zero attached hydrogens (tertiary/aromatic N) is 1. The standard InChI is InChI=1S/C19H28ClNO3/c1-5-19(23,14-6-8-16(20)9-7-14)15-10-12-21(13-11-15)17(22)24-18(2,3)4/h6-9,15,23H,5,10-13H2,1-4H3. The van der Waals surface area contributed by atoms with Crippen molar-refractivity contribution in [2.24, 2.45) is 5.92 Å². The van der Waals surface area contributed by atoms with Gasteiger partial charge < -0.3 is 14.7 Å². The van der Waals surface area contributed by atoms with Gasteiger partial charge in [0.25, 0.3) is 0 Å². The number of piperidine rings is 1. The highest BCUT2D eigenvalue weighted by molar-refractivity contribution is 6.30. The van der Waals surface area contributed by atoms with Gasteiger partial charge in [-0.25, -0.2) is 4.79 Å². The van der Waals surface area contributed by atoms with Crippen LogP contribution in [0.4, 0.5) is 4.79 Å². The van der Waals surface area contributed by atoms with Crippen LogP contribution in [0.15, 0.2) is 24.3 Å². The first-order valence-corrected chi connectivity index (χ1v) is 9.00. The third-order valence-corrected chi connectivity index (χ3v) is 4.96. The molecule has 1 aromatic carbocycles. The predicted octanol–water partition coefficient (Wildman–Crippen LogP) is 4.58. The van der Waals surface area contributed by atoms with Crippen molar-refractivity contribution in [2.75, 3.05) is 13.1 Å². The van der Waals surface area contributed by atoms with Crippen LogP contribution in [0.1, 0.15) is 52.5 Å². The number of hydrogen-bond acceptors (Lipinski definition) is 3. The molecule has 134 valence electrons. The number of ether oxygens (including phenoxy) is 1. The first-order valence-electron chi connectivity index (χ1n) is 8.62. The lowest BCUT2D eigenvalue weighted by molar-refractivity contribution is -0.0546. The normalized spacial score (nSPS) is 19.0. The van der Waals surface area contributed by atoms with E-state index in [9.17, 15) is 9.90 Å². The maximum Gasteiger partial charge on any atom is 0.410 e. The molecule has 0 radical (unpaired) electrons. The number of amides is 1. The van der Waals surface area contributed by atoms with Crippen LogP contribution >= 0.6 is 11.6 Å². The average molecular weight is 354 g/mol. The Labute approximate surface area is 149 Å². The molecule has 0 spiro atoms. The van der Waals surface area contributed by atoms with Gasteiger partial charge in [0.15, 0.2) is 0 Å². The minimum absolute atomic E-state index is 0.113. The van der Waals surface area contributed by atoms with Crippen molar-refractivity contribution in [3.63, 3.8) is 0 Å². The van der Waals surface area contributed by atoms with Gasteiger partial charge >= 0.3 is 6.09 Å². The lowest BCUT2D eigenvalue weighted by Gasteiger charge is -2.41. The second kappa shape index (κ2) is 7.32. The van der Waals surface area contributed by atoms with E-state index in [1.807, 2.05) is 52.0 Å². The number of carbonyl (C=O) groups is 1. The molecule has 1 aliphatic heterocycles. The monoisotopic (exact) mass is 353 g/mol. The number of carbonyl (C=O) groups excluding carboxylic acids is 1. The van der Waals surface area contributed by atoms with Gasteiger partial charge in [0.1, 0.15) is 5.60 Å². The van der Waals surface area contributed by atoms with Crippen LogP contribution in [0.5, 0.6) is 0 Å². The molecule has 1 unspecified atom stereocenters. The van der Waals surface area contributed by atoms with E-state index >= 15 is 0 Å². The van der Waals surface area contributed by atoms with Crippen molar-refractivity contribution in [2.45, 2.75) is 58.2 Å². The molecule has 24 heavy (non-hydrogen) atoms. The smallest absolute Gasteiger partial charge is 0.410 e. The number of benzene rings is 1. The highest BCUT2D eigenvalue weighted by atomic mass is 35.5. The van der Waals surface area contributed by atoms with Crippen molar-refractivity contribution >= 4 is 17.7 Å². The minimum Gasteiger partial charge on any atom is -0.444 e. The molecule has 1 amide bonds. The number of hydrogen-bond donors (Lipinski definition) is 1. The Kier molecular flexibility index (Phi) is 5.82. The Morgan fingerprint density at radius 1 is 1.25 bits per heavy atom. The Balaban J connectivity index is 2.04. The van der Waals surface area contributed by atoms with E-state index in [4.69, 9.17) is 16.3 Å².